The zero-order valence-corrected chi connectivity index (χ0v) is 13.1. The molecule has 2 aliphatic heterocycles. The summed E-state index contributed by atoms with van der Waals surface area (Å²) in [4.78, 5) is 11.6. The van der Waals surface area contributed by atoms with Crippen LogP contribution in [0, 0.1) is 12.8 Å². The van der Waals surface area contributed by atoms with Crippen molar-refractivity contribution in [2.75, 3.05) is 6.54 Å². The molecule has 1 aromatic rings. The molecule has 1 aromatic carbocycles. The van der Waals surface area contributed by atoms with Crippen LogP contribution >= 0.6 is 0 Å². The normalized spacial score (nSPS) is 42.8. The van der Waals surface area contributed by atoms with Gasteiger partial charge in [0.15, 0.2) is 11.5 Å². The highest BCUT2D eigenvalue weighted by molar-refractivity contribution is 5.67. The molecule has 5 heteroatoms. The summed E-state index contributed by atoms with van der Waals surface area (Å²) in [5.74, 6) is 0.407. The number of benzene rings is 1. The van der Waals surface area contributed by atoms with Crippen LogP contribution in [0.2, 0.25) is 0 Å². The van der Waals surface area contributed by atoms with Crippen LogP contribution < -0.4 is 10.1 Å². The number of ether oxygens (including phenoxy) is 1. The van der Waals surface area contributed by atoms with Gasteiger partial charge < -0.3 is 25.1 Å². The van der Waals surface area contributed by atoms with Crippen molar-refractivity contribution in [2.45, 2.75) is 55.8 Å². The molecule has 2 fully saturated rings. The Morgan fingerprint density at radius 2 is 2.26 bits per heavy atom. The standard InChI is InChI=1S/C18H21NO4/c1-9-6-12(21)15-14-11(9)7-13-18(22)3-2-10(8-20)16(23-15)17(14,18)4-5-19-13/h6,8,10,13,16,19,21-22H,2-5,7H2,1H3/t10?,13-,16+,17+,18-/m1/s1. The predicted molar refractivity (Wildman–Crippen MR) is 82.8 cm³/mol. The Balaban J connectivity index is 1.87. The zero-order chi connectivity index (χ0) is 16.0. The molecule has 2 aliphatic carbocycles. The summed E-state index contributed by atoms with van der Waals surface area (Å²) >= 11 is 0. The molecule has 0 aromatic heterocycles. The smallest absolute Gasteiger partial charge is 0.165 e. The van der Waals surface area contributed by atoms with E-state index in [1.165, 1.54) is 5.56 Å². The van der Waals surface area contributed by atoms with E-state index in [0.717, 1.165) is 36.8 Å². The average Bonchev–Trinajstić information content (AvgIpc) is 2.84. The fraction of sp³-hybridized carbons (Fsp3) is 0.611. The summed E-state index contributed by atoms with van der Waals surface area (Å²) < 4.78 is 6.16. The van der Waals surface area contributed by atoms with E-state index in [4.69, 9.17) is 4.74 Å². The van der Waals surface area contributed by atoms with Crippen LogP contribution in [0.4, 0.5) is 0 Å². The lowest BCUT2D eigenvalue weighted by atomic mass is 9.48. The van der Waals surface area contributed by atoms with Crippen LogP contribution in [0.15, 0.2) is 6.07 Å². The van der Waals surface area contributed by atoms with Gasteiger partial charge in [0.2, 0.25) is 0 Å². The predicted octanol–water partition coefficient (Wildman–Crippen LogP) is 0.957. The molecule has 1 unspecified atom stereocenters. The number of carbonyl (C=O) groups excluding carboxylic acids is 1. The van der Waals surface area contributed by atoms with Gasteiger partial charge in [0.05, 0.1) is 16.9 Å². The number of phenols is 1. The van der Waals surface area contributed by atoms with Crippen LogP contribution in [0.5, 0.6) is 11.5 Å². The number of aldehydes is 1. The van der Waals surface area contributed by atoms with Crippen LogP contribution in [0.1, 0.15) is 36.0 Å². The number of aliphatic hydroxyl groups is 1. The molecule has 1 spiro atoms. The van der Waals surface area contributed by atoms with Crippen molar-refractivity contribution in [3.8, 4) is 11.5 Å². The number of carbonyl (C=O) groups is 1. The molecule has 122 valence electrons. The molecule has 4 aliphatic rings. The van der Waals surface area contributed by atoms with Gasteiger partial charge in [-0.25, -0.2) is 0 Å². The lowest BCUT2D eigenvalue weighted by molar-refractivity contribution is -0.166. The summed E-state index contributed by atoms with van der Waals surface area (Å²) in [6.07, 6.45) is 3.31. The summed E-state index contributed by atoms with van der Waals surface area (Å²) in [6, 6.07) is 1.73. The fourth-order valence-corrected chi connectivity index (χ4v) is 5.89. The van der Waals surface area contributed by atoms with Gasteiger partial charge >= 0.3 is 0 Å². The third-order valence-electron chi connectivity index (χ3n) is 6.86. The van der Waals surface area contributed by atoms with Crippen LogP contribution in [0.3, 0.4) is 0 Å². The Labute approximate surface area is 134 Å². The molecule has 2 bridgehead atoms. The fourth-order valence-electron chi connectivity index (χ4n) is 5.89. The van der Waals surface area contributed by atoms with E-state index >= 15 is 0 Å². The number of aromatic hydroxyl groups is 1. The summed E-state index contributed by atoms with van der Waals surface area (Å²) in [5.41, 5.74) is 1.71. The second kappa shape index (κ2) is 4.08. The van der Waals surface area contributed by atoms with Crippen molar-refractivity contribution in [3.63, 3.8) is 0 Å². The van der Waals surface area contributed by atoms with Crippen molar-refractivity contribution in [2.24, 2.45) is 5.92 Å². The molecule has 5 nitrogen and oxygen atoms in total. The highest BCUT2D eigenvalue weighted by Gasteiger charge is 2.71. The van der Waals surface area contributed by atoms with Crippen molar-refractivity contribution in [1.29, 1.82) is 0 Å². The van der Waals surface area contributed by atoms with Gasteiger partial charge in [0.1, 0.15) is 12.4 Å². The summed E-state index contributed by atoms with van der Waals surface area (Å²) in [5, 5.41) is 25.6. The molecule has 23 heavy (non-hydrogen) atoms. The van der Waals surface area contributed by atoms with Crippen LogP contribution in [0.25, 0.3) is 0 Å². The molecular formula is C18H21NO4. The Morgan fingerprint density at radius 1 is 1.43 bits per heavy atom. The molecule has 0 radical (unpaired) electrons. The molecule has 1 saturated heterocycles. The minimum atomic E-state index is -0.909. The van der Waals surface area contributed by atoms with Gasteiger partial charge in [-0.2, -0.15) is 0 Å². The van der Waals surface area contributed by atoms with Crippen LogP contribution in [-0.4, -0.2) is 40.8 Å². The maximum atomic E-state index is 11.7. The van der Waals surface area contributed by atoms with Gasteiger partial charge in [-0.1, -0.05) is 0 Å². The lowest BCUT2D eigenvalue weighted by Crippen LogP contribution is -2.76. The van der Waals surface area contributed by atoms with E-state index in [-0.39, 0.29) is 23.8 Å². The highest BCUT2D eigenvalue weighted by Crippen LogP contribution is 2.65. The first-order valence-electron chi connectivity index (χ1n) is 8.46. The first kappa shape index (κ1) is 13.8. The molecule has 5 rings (SSSR count). The number of phenolic OH excluding ortho intramolecular Hbond substituents is 1. The molecular weight excluding hydrogens is 294 g/mol. The number of hydrogen-bond donors (Lipinski definition) is 3. The lowest BCUT2D eigenvalue weighted by Gasteiger charge is -2.61. The minimum absolute atomic E-state index is 0.0170. The second-order valence-corrected chi connectivity index (χ2v) is 7.63. The van der Waals surface area contributed by atoms with Crippen molar-refractivity contribution in [1.82, 2.24) is 5.32 Å². The number of aryl methyl sites for hydroxylation is 1. The van der Waals surface area contributed by atoms with E-state index in [1.807, 2.05) is 6.92 Å². The monoisotopic (exact) mass is 315 g/mol. The van der Waals surface area contributed by atoms with E-state index in [0.29, 0.717) is 18.6 Å². The molecule has 5 atom stereocenters. The van der Waals surface area contributed by atoms with Gasteiger partial charge in [-0.15, -0.1) is 0 Å². The average molecular weight is 315 g/mol. The number of hydrogen-bond acceptors (Lipinski definition) is 5. The number of piperidine rings is 1. The number of nitrogens with one attached hydrogen (secondary N) is 1. The SMILES string of the molecule is Cc1cc(O)c2c3c1C[C@H]1NCC[C@@]34[C@@H](O2)C(C=O)CC[C@@]14O. The Morgan fingerprint density at radius 3 is 3.04 bits per heavy atom. The van der Waals surface area contributed by atoms with Gasteiger partial charge in [0.25, 0.3) is 0 Å². The van der Waals surface area contributed by atoms with Gasteiger partial charge in [-0.05, 0) is 56.3 Å². The van der Waals surface area contributed by atoms with Crippen molar-refractivity contribution < 1.29 is 19.7 Å². The summed E-state index contributed by atoms with van der Waals surface area (Å²) in [7, 11) is 0. The first-order valence-corrected chi connectivity index (χ1v) is 8.46. The highest BCUT2D eigenvalue weighted by atomic mass is 16.5. The van der Waals surface area contributed by atoms with Crippen LogP contribution in [-0.2, 0) is 16.6 Å². The number of rotatable bonds is 1. The van der Waals surface area contributed by atoms with Crippen molar-refractivity contribution in [3.05, 3.63) is 22.8 Å². The van der Waals surface area contributed by atoms with E-state index in [1.54, 1.807) is 6.07 Å². The maximum Gasteiger partial charge on any atom is 0.165 e. The van der Waals surface area contributed by atoms with E-state index in [2.05, 4.69) is 5.32 Å². The Kier molecular flexibility index (Phi) is 2.45. The van der Waals surface area contributed by atoms with Crippen molar-refractivity contribution >= 4 is 6.29 Å². The molecule has 0 amide bonds. The quantitative estimate of drug-likeness (QED) is 0.673. The zero-order valence-electron chi connectivity index (χ0n) is 13.1. The Bertz CT molecular complexity index is 732. The third-order valence-corrected chi connectivity index (χ3v) is 6.86. The second-order valence-electron chi connectivity index (χ2n) is 7.63. The minimum Gasteiger partial charge on any atom is -0.504 e. The third kappa shape index (κ3) is 1.32. The molecule has 3 N–H and O–H groups in total. The van der Waals surface area contributed by atoms with Gasteiger partial charge in [-0.3, -0.25) is 0 Å². The first-order chi connectivity index (χ1) is 11.0. The maximum absolute atomic E-state index is 11.7. The van der Waals surface area contributed by atoms with E-state index in [9.17, 15) is 15.0 Å². The molecule has 1 saturated carbocycles. The molecule has 2 heterocycles. The summed E-state index contributed by atoms with van der Waals surface area (Å²) in [6.45, 7) is 2.80. The largest absolute Gasteiger partial charge is 0.504 e. The van der Waals surface area contributed by atoms with Gasteiger partial charge in [0, 0.05) is 11.6 Å². The van der Waals surface area contributed by atoms with E-state index < -0.39 is 11.0 Å². The Hall–Kier alpha value is -1.59. The topological polar surface area (TPSA) is 78.8 Å².